The summed E-state index contributed by atoms with van der Waals surface area (Å²) in [5.41, 5.74) is -0.644. The van der Waals surface area contributed by atoms with Crippen LogP contribution in [0.4, 0.5) is 13.2 Å². The summed E-state index contributed by atoms with van der Waals surface area (Å²) in [6.07, 6.45) is -4.32. The zero-order valence-electron chi connectivity index (χ0n) is 10.8. The second kappa shape index (κ2) is 7.83. The fourth-order valence-electron chi connectivity index (χ4n) is 1.31. The Kier molecular flexibility index (Phi) is 6.75. The first-order valence-electron chi connectivity index (χ1n) is 5.91. The van der Waals surface area contributed by atoms with Crippen molar-refractivity contribution in [2.75, 3.05) is 17.3 Å². The smallest absolute Gasteiger partial charge is 0.416 e. The molecule has 0 aliphatic carbocycles. The first-order valence-corrected chi connectivity index (χ1v) is 8.05. The second-order valence-corrected chi connectivity index (χ2v) is 6.51. The molecule has 1 atom stereocenters. The van der Waals surface area contributed by atoms with E-state index in [1.54, 1.807) is 13.0 Å². The third-order valence-electron chi connectivity index (χ3n) is 2.45. The minimum absolute atomic E-state index is 0.404. The third-order valence-corrected chi connectivity index (χ3v) is 4.93. The molecule has 112 valence electrons. The number of alkyl halides is 3. The topological polar surface area (TPSA) is 37.3 Å². The molecule has 1 rings (SSSR count). The van der Waals surface area contributed by atoms with Gasteiger partial charge in [0.1, 0.15) is 0 Å². The SMILES string of the molecule is CC(CSCCSc1cccc(C(F)(F)F)c1)C(=O)O. The molecule has 1 aromatic carbocycles. The van der Waals surface area contributed by atoms with Gasteiger partial charge in [-0.3, -0.25) is 4.79 Å². The van der Waals surface area contributed by atoms with Crippen molar-refractivity contribution < 1.29 is 23.1 Å². The van der Waals surface area contributed by atoms with E-state index in [1.165, 1.54) is 29.6 Å². The first kappa shape index (κ1) is 17.2. The lowest BCUT2D eigenvalue weighted by Gasteiger charge is -2.09. The number of rotatable bonds is 7. The number of benzene rings is 1. The van der Waals surface area contributed by atoms with Gasteiger partial charge >= 0.3 is 12.1 Å². The molecule has 20 heavy (non-hydrogen) atoms. The molecule has 0 saturated heterocycles. The van der Waals surface area contributed by atoms with Gasteiger partial charge in [-0.25, -0.2) is 0 Å². The molecule has 0 heterocycles. The summed E-state index contributed by atoms with van der Waals surface area (Å²) < 4.78 is 37.5. The van der Waals surface area contributed by atoms with Crippen LogP contribution in [0.1, 0.15) is 12.5 Å². The number of carboxylic acids is 1. The molecule has 7 heteroatoms. The number of carbonyl (C=O) groups is 1. The summed E-state index contributed by atoms with van der Waals surface area (Å²) in [4.78, 5) is 11.2. The van der Waals surface area contributed by atoms with Gasteiger partial charge < -0.3 is 5.11 Å². The molecule has 0 radical (unpaired) electrons. The zero-order chi connectivity index (χ0) is 15.2. The molecule has 0 spiro atoms. The van der Waals surface area contributed by atoms with E-state index < -0.39 is 23.6 Å². The highest BCUT2D eigenvalue weighted by Gasteiger charge is 2.30. The van der Waals surface area contributed by atoms with Crippen LogP contribution in [0.15, 0.2) is 29.2 Å². The van der Waals surface area contributed by atoms with Crippen molar-refractivity contribution >= 4 is 29.5 Å². The summed E-state index contributed by atoms with van der Waals surface area (Å²) in [5.74, 6) is 0.636. The van der Waals surface area contributed by atoms with E-state index in [2.05, 4.69) is 0 Å². The lowest BCUT2D eigenvalue weighted by Crippen LogP contribution is -2.12. The Morgan fingerprint density at radius 3 is 2.65 bits per heavy atom. The predicted octanol–water partition coefficient (Wildman–Crippen LogP) is 4.25. The molecule has 0 bridgehead atoms. The zero-order valence-corrected chi connectivity index (χ0v) is 12.4. The number of hydrogen-bond acceptors (Lipinski definition) is 3. The van der Waals surface area contributed by atoms with Crippen molar-refractivity contribution in [3.8, 4) is 0 Å². The highest BCUT2D eigenvalue weighted by Crippen LogP contribution is 2.32. The van der Waals surface area contributed by atoms with Gasteiger partial charge in [0.05, 0.1) is 11.5 Å². The van der Waals surface area contributed by atoms with Crippen LogP contribution < -0.4 is 0 Å². The Bertz CT molecular complexity index is 449. The van der Waals surface area contributed by atoms with Crippen molar-refractivity contribution in [2.45, 2.75) is 18.0 Å². The summed E-state index contributed by atoms with van der Waals surface area (Å²) in [6.45, 7) is 1.63. The molecule has 0 amide bonds. The summed E-state index contributed by atoms with van der Waals surface area (Å²) in [5, 5.41) is 8.70. The van der Waals surface area contributed by atoms with Gasteiger partial charge in [-0.1, -0.05) is 13.0 Å². The van der Waals surface area contributed by atoms with Gasteiger partial charge in [0, 0.05) is 22.2 Å². The fraction of sp³-hybridized carbons (Fsp3) is 0.462. The van der Waals surface area contributed by atoms with Crippen molar-refractivity contribution in [1.82, 2.24) is 0 Å². The molecular formula is C13H15F3O2S2. The monoisotopic (exact) mass is 324 g/mol. The lowest BCUT2D eigenvalue weighted by atomic mass is 10.2. The van der Waals surface area contributed by atoms with E-state index in [4.69, 9.17) is 5.11 Å². The molecule has 2 nitrogen and oxygen atoms in total. The molecule has 0 aromatic heterocycles. The summed E-state index contributed by atoms with van der Waals surface area (Å²) in [6, 6.07) is 5.22. The molecule has 1 aromatic rings. The van der Waals surface area contributed by atoms with Crippen LogP contribution in [0.5, 0.6) is 0 Å². The predicted molar refractivity (Wildman–Crippen MR) is 76.3 cm³/mol. The third kappa shape index (κ3) is 6.09. The number of aliphatic carboxylic acids is 1. The maximum absolute atomic E-state index is 12.5. The number of hydrogen-bond donors (Lipinski definition) is 1. The van der Waals surface area contributed by atoms with E-state index in [1.807, 2.05) is 0 Å². The van der Waals surface area contributed by atoms with E-state index >= 15 is 0 Å². The van der Waals surface area contributed by atoms with Crippen molar-refractivity contribution in [3.63, 3.8) is 0 Å². The van der Waals surface area contributed by atoms with Gasteiger partial charge in [0.2, 0.25) is 0 Å². The van der Waals surface area contributed by atoms with Gasteiger partial charge in [-0.05, 0) is 18.2 Å². The van der Waals surface area contributed by atoms with E-state index in [0.29, 0.717) is 22.2 Å². The average molecular weight is 324 g/mol. The van der Waals surface area contributed by atoms with Crippen LogP contribution in [0.25, 0.3) is 0 Å². The Morgan fingerprint density at radius 1 is 1.35 bits per heavy atom. The number of carboxylic acid groups (broad SMARTS) is 1. The summed E-state index contributed by atoms with van der Waals surface area (Å²) >= 11 is 2.84. The largest absolute Gasteiger partial charge is 0.481 e. The highest BCUT2D eigenvalue weighted by molar-refractivity contribution is 8.03. The van der Waals surface area contributed by atoms with Gasteiger partial charge in [-0.15, -0.1) is 11.8 Å². The Labute approximate surface area is 124 Å². The molecule has 0 fully saturated rings. The van der Waals surface area contributed by atoms with Crippen molar-refractivity contribution in [2.24, 2.45) is 5.92 Å². The molecular weight excluding hydrogens is 309 g/mol. The maximum atomic E-state index is 12.5. The summed E-state index contributed by atoms with van der Waals surface area (Å²) in [7, 11) is 0. The first-order chi connectivity index (χ1) is 9.30. The maximum Gasteiger partial charge on any atom is 0.416 e. The minimum atomic E-state index is -4.32. The highest BCUT2D eigenvalue weighted by atomic mass is 32.2. The standard InChI is InChI=1S/C13H15F3O2S2/c1-9(12(17)18)8-19-5-6-20-11-4-2-3-10(7-11)13(14,15)16/h2-4,7,9H,5-6,8H2,1H3,(H,17,18). The number of halogens is 3. The van der Waals surface area contributed by atoms with Crippen LogP contribution in [0.2, 0.25) is 0 Å². The Hall–Kier alpha value is -0.820. The number of thioether (sulfide) groups is 2. The molecule has 0 saturated carbocycles. The normalized spacial score (nSPS) is 13.2. The van der Waals surface area contributed by atoms with Crippen molar-refractivity contribution in [3.05, 3.63) is 29.8 Å². The van der Waals surface area contributed by atoms with Crippen LogP contribution in [-0.2, 0) is 11.0 Å². The fourth-order valence-corrected chi connectivity index (χ4v) is 3.40. The van der Waals surface area contributed by atoms with Crippen LogP contribution in [0.3, 0.4) is 0 Å². The molecule has 0 aliphatic rings. The molecule has 1 N–H and O–H groups in total. The van der Waals surface area contributed by atoms with E-state index in [-0.39, 0.29) is 0 Å². The van der Waals surface area contributed by atoms with E-state index in [9.17, 15) is 18.0 Å². The van der Waals surface area contributed by atoms with Crippen molar-refractivity contribution in [1.29, 1.82) is 0 Å². The van der Waals surface area contributed by atoms with E-state index in [0.717, 1.165) is 12.1 Å². The quantitative estimate of drug-likeness (QED) is 0.601. The second-order valence-electron chi connectivity index (χ2n) is 4.19. The van der Waals surface area contributed by atoms with Crippen LogP contribution in [-0.4, -0.2) is 28.3 Å². The van der Waals surface area contributed by atoms with Crippen LogP contribution >= 0.6 is 23.5 Å². The van der Waals surface area contributed by atoms with Gasteiger partial charge in [-0.2, -0.15) is 24.9 Å². The molecule has 0 aliphatic heterocycles. The lowest BCUT2D eigenvalue weighted by molar-refractivity contribution is -0.140. The minimum Gasteiger partial charge on any atom is -0.481 e. The Morgan fingerprint density at radius 2 is 2.05 bits per heavy atom. The van der Waals surface area contributed by atoms with Gasteiger partial charge in [0.25, 0.3) is 0 Å². The molecule has 1 unspecified atom stereocenters. The Balaban J connectivity index is 2.34. The average Bonchev–Trinajstić information content (AvgIpc) is 2.37. The van der Waals surface area contributed by atoms with Crippen LogP contribution in [0, 0.1) is 5.92 Å². The van der Waals surface area contributed by atoms with Gasteiger partial charge in [0.15, 0.2) is 0 Å².